The van der Waals surface area contributed by atoms with Crippen LogP contribution in [-0.4, -0.2) is 9.97 Å². The zero-order chi connectivity index (χ0) is 8.55. The smallest absolute Gasteiger partial charge is 0.132 e. The van der Waals surface area contributed by atoms with E-state index in [1.165, 1.54) is 0 Å². The summed E-state index contributed by atoms with van der Waals surface area (Å²) in [7, 11) is 0. The van der Waals surface area contributed by atoms with E-state index in [-0.39, 0.29) is 0 Å². The monoisotopic (exact) mass is 159 g/mol. The van der Waals surface area contributed by atoms with Gasteiger partial charge >= 0.3 is 0 Å². The molecule has 0 atom stereocenters. The highest BCUT2D eigenvalue weighted by Crippen LogP contribution is 2.19. The molecule has 2 aromatic heterocycles. The minimum Gasteiger partial charge on any atom is -0.383 e. The highest BCUT2D eigenvalue weighted by Gasteiger charge is 2.00. The lowest BCUT2D eigenvalue weighted by atomic mass is 10.1. The van der Waals surface area contributed by atoms with Gasteiger partial charge in [-0.2, -0.15) is 0 Å². The molecule has 2 aromatic rings. The number of pyridine rings is 2. The standard InChI is InChI=1S/C9H9N3/c1-6-4-12-9(10)8-5-11-3-2-7(6)8/h2-5H,1H3,(H2,10,12). The van der Waals surface area contributed by atoms with Crippen molar-refractivity contribution >= 4 is 16.6 Å². The predicted molar refractivity (Wildman–Crippen MR) is 48.7 cm³/mol. The fraction of sp³-hybridized carbons (Fsp3) is 0.111. The van der Waals surface area contributed by atoms with Crippen molar-refractivity contribution in [2.24, 2.45) is 0 Å². The molecule has 0 radical (unpaired) electrons. The summed E-state index contributed by atoms with van der Waals surface area (Å²) in [5.74, 6) is 0.545. The van der Waals surface area contributed by atoms with E-state index >= 15 is 0 Å². The Morgan fingerprint density at radius 2 is 2.08 bits per heavy atom. The van der Waals surface area contributed by atoms with Gasteiger partial charge in [-0.3, -0.25) is 4.98 Å². The van der Waals surface area contributed by atoms with Gasteiger partial charge in [-0.15, -0.1) is 0 Å². The van der Waals surface area contributed by atoms with Crippen molar-refractivity contribution in [3.05, 3.63) is 30.2 Å². The molecular weight excluding hydrogens is 150 g/mol. The van der Waals surface area contributed by atoms with Crippen LogP contribution in [0.3, 0.4) is 0 Å². The van der Waals surface area contributed by atoms with Gasteiger partial charge in [0.05, 0.1) is 0 Å². The van der Waals surface area contributed by atoms with Crippen molar-refractivity contribution in [2.75, 3.05) is 5.73 Å². The Morgan fingerprint density at radius 3 is 2.83 bits per heavy atom. The van der Waals surface area contributed by atoms with E-state index in [0.717, 1.165) is 16.3 Å². The molecule has 0 unspecified atom stereocenters. The number of rotatable bonds is 0. The second kappa shape index (κ2) is 2.44. The molecule has 0 saturated heterocycles. The minimum absolute atomic E-state index is 0.545. The maximum atomic E-state index is 5.67. The summed E-state index contributed by atoms with van der Waals surface area (Å²) in [6.07, 6.45) is 5.27. The van der Waals surface area contributed by atoms with Gasteiger partial charge in [0.15, 0.2) is 0 Å². The Labute approximate surface area is 70.3 Å². The Bertz CT molecular complexity index is 383. The topological polar surface area (TPSA) is 51.8 Å². The third-order valence-electron chi connectivity index (χ3n) is 1.92. The first-order chi connectivity index (χ1) is 5.79. The first-order valence-corrected chi connectivity index (χ1v) is 3.74. The number of hydrogen-bond acceptors (Lipinski definition) is 3. The molecule has 0 fully saturated rings. The lowest BCUT2D eigenvalue weighted by Gasteiger charge is -2.02. The molecule has 3 nitrogen and oxygen atoms in total. The summed E-state index contributed by atoms with van der Waals surface area (Å²) in [5.41, 5.74) is 6.80. The van der Waals surface area contributed by atoms with Crippen LogP contribution >= 0.6 is 0 Å². The molecular formula is C9H9N3. The van der Waals surface area contributed by atoms with E-state index in [1.807, 2.05) is 13.0 Å². The molecule has 3 heteroatoms. The normalized spacial score (nSPS) is 10.4. The summed E-state index contributed by atoms with van der Waals surface area (Å²) >= 11 is 0. The highest BCUT2D eigenvalue weighted by atomic mass is 14.8. The van der Waals surface area contributed by atoms with E-state index in [2.05, 4.69) is 9.97 Å². The summed E-state index contributed by atoms with van der Waals surface area (Å²) in [6, 6.07) is 1.95. The molecule has 0 bridgehead atoms. The van der Waals surface area contributed by atoms with Crippen molar-refractivity contribution in [3.63, 3.8) is 0 Å². The largest absolute Gasteiger partial charge is 0.383 e. The fourth-order valence-corrected chi connectivity index (χ4v) is 1.25. The Balaban J connectivity index is 2.95. The maximum Gasteiger partial charge on any atom is 0.132 e. The van der Waals surface area contributed by atoms with Crippen molar-refractivity contribution < 1.29 is 0 Å². The number of anilines is 1. The average Bonchev–Trinajstić information content (AvgIpc) is 2.12. The minimum atomic E-state index is 0.545. The van der Waals surface area contributed by atoms with Gasteiger partial charge in [0.25, 0.3) is 0 Å². The van der Waals surface area contributed by atoms with Crippen molar-refractivity contribution in [1.82, 2.24) is 9.97 Å². The van der Waals surface area contributed by atoms with Gasteiger partial charge in [-0.05, 0) is 23.9 Å². The van der Waals surface area contributed by atoms with Crippen LogP contribution in [0.2, 0.25) is 0 Å². The van der Waals surface area contributed by atoms with E-state index < -0.39 is 0 Å². The second-order valence-corrected chi connectivity index (χ2v) is 2.75. The first-order valence-electron chi connectivity index (χ1n) is 3.74. The van der Waals surface area contributed by atoms with Crippen LogP contribution in [0.1, 0.15) is 5.56 Å². The quantitative estimate of drug-likeness (QED) is 0.634. The molecule has 0 aromatic carbocycles. The summed E-state index contributed by atoms with van der Waals surface area (Å²) in [4.78, 5) is 8.04. The van der Waals surface area contributed by atoms with Crippen LogP contribution in [-0.2, 0) is 0 Å². The molecule has 0 spiro atoms. The highest BCUT2D eigenvalue weighted by molar-refractivity contribution is 5.92. The van der Waals surface area contributed by atoms with Gasteiger partial charge in [0.1, 0.15) is 5.82 Å². The van der Waals surface area contributed by atoms with Gasteiger partial charge in [-0.25, -0.2) is 4.98 Å². The van der Waals surface area contributed by atoms with Gasteiger partial charge in [0, 0.05) is 24.0 Å². The van der Waals surface area contributed by atoms with E-state index in [0.29, 0.717) is 5.82 Å². The van der Waals surface area contributed by atoms with Gasteiger partial charge < -0.3 is 5.73 Å². The predicted octanol–water partition coefficient (Wildman–Crippen LogP) is 1.52. The lowest BCUT2D eigenvalue weighted by molar-refractivity contribution is 1.29. The summed E-state index contributed by atoms with van der Waals surface area (Å²) < 4.78 is 0. The zero-order valence-electron chi connectivity index (χ0n) is 6.78. The van der Waals surface area contributed by atoms with Gasteiger partial charge in [0.2, 0.25) is 0 Å². The molecule has 60 valence electrons. The van der Waals surface area contributed by atoms with E-state index in [9.17, 15) is 0 Å². The number of fused-ring (bicyclic) bond motifs is 1. The van der Waals surface area contributed by atoms with Crippen LogP contribution < -0.4 is 5.73 Å². The first kappa shape index (κ1) is 7.03. The van der Waals surface area contributed by atoms with Crippen molar-refractivity contribution in [3.8, 4) is 0 Å². The number of hydrogen-bond donors (Lipinski definition) is 1. The summed E-state index contributed by atoms with van der Waals surface area (Å²) in [6.45, 7) is 2.01. The number of aromatic nitrogens is 2. The molecule has 0 aliphatic carbocycles. The molecule has 0 aliphatic heterocycles. The zero-order valence-corrected chi connectivity index (χ0v) is 6.78. The SMILES string of the molecule is Cc1cnc(N)c2cnccc12. The summed E-state index contributed by atoms with van der Waals surface area (Å²) in [5, 5.41) is 2.05. The van der Waals surface area contributed by atoms with Gasteiger partial charge in [-0.1, -0.05) is 0 Å². The van der Waals surface area contributed by atoms with Crippen LogP contribution in [0, 0.1) is 6.92 Å². The molecule has 2 N–H and O–H groups in total. The Morgan fingerprint density at radius 1 is 1.25 bits per heavy atom. The molecule has 12 heavy (non-hydrogen) atoms. The maximum absolute atomic E-state index is 5.67. The number of nitrogens with zero attached hydrogens (tertiary/aromatic N) is 2. The lowest BCUT2D eigenvalue weighted by Crippen LogP contribution is -1.93. The van der Waals surface area contributed by atoms with Crippen LogP contribution in [0.5, 0.6) is 0 Å². The van der Waals surface area contributed by atoms with E-state index in [1.54, 1.807) is 18.6 Å². The van der Waals surface area contributed by atoms with Crippen molar-refractivity contribution in [1.29, 1.82) is 0 Å². The molecule has 0 saturated carbocycles. The van der Waals surface area contributed by atoms with Crippen molar-refractivity contribution in [2.45, 2.75) is 6.92 Å². The Hall–Kier alpha value is -1.64. The third-order valence-corrected chi connectivity index (χ3v) is 1.92. The van der Waals surface area contributed by atoms with Crippen LogP contribution in [0.25, 0.3) is 10.8 Å². The molecule has 2 heterocycles. The van der Waals surface area contributed by atoms with Crippen LogP contribution in [0.15, 0.2) is 24.7 Å². The molecule has 0 aliphatic rings. The fourth-order valence-electron chi connectivity index (χ4n) is 1.25. The average molecular weight is 159 g/mol. The number of nitrogen functional groups attached to an aromatic ring is 1. The third kappa shape index (κ3) is 0.906. The molecule has 0 amide bonds. The number of aryl methyl sites for hydroxylation is 1. The number of nitrogens with two attached hydrogens (primary N) is 1. The van der Waals surface area contributed by atoms with Crippen LogP contribution in [0.4, 0.5) is 5.82 Å². The Kier molecular flexibility index (Phi) is 1.43. The molecule has 2 rings (SSSR count). The second-order valence-electron chi connectivity index (χ2n) is 2.75. The van der Waals surface area contributed by atoms with E-state index in [4.69, 9.17) is 5.73 Å².